The Morgan fingerprint density at radius 2 is 1.76 bits per heavy atom. The van der Waals surface area contributed by atoms with Crippen LogP contribution in [0.1, 0.15) is 22.0 Å². The number of benzene rings is 1. The van der Waals surface area contributed by atoms with Crippen molar-refractivity contribution >= 4 is 17.4 Å². The maximum Gasteiger partial charge on any atom is 0.240 e. The van der Waals surface area contributed by atoms with E-state index in [1.165, 1.54) is 6.20 Å². The van der Waals surface area contributed by atoms with Crippen LogP contribution in [-0.4, -0.2) is 21.7 Å². The first-order valence-corrected chi connectivity index (χ1v) is 5.78. The van der Waals surface area contributed by atoms with Gasteiger partial charge in [0.15, 0.2) is 0 Å². The fraction of sp³-hybridized carbons (Fsp3) is 0.0769. The van der Waals surface area contributed by atoms with Crippen LogP contribution in [0.4, 0.5) is 18.9 Å². The molecule has 5 nitrogen and oxygen atoms in total. The van der Waals surface area contributed by atoms with E-state index in [-0.39, 0.29) is 11.4 Å². The largest absolute Gasteiger partial charge is 0.322 e. The summed E-state index contributed by atoms with van der Waals surface area (Å²) in [6.07, 6.45) is 2.27. The average Bonchev–Trinajstić information content (AvgIpc) is 2.41. The van der Waals surface area contributed by atoms with Gasteiger partial charge in [-0.3, -0.25) is 9.59 Å². The second-order valence-electron chi connectivity index (χ2n) is 4.35. The summed E-state index contributed by atoms with van der Waals surface area (Å²) in [6, 6.07) is 0.822. The molecule has 1 aromatic heterocycles. The van der Waals surface area contributed by atoms with Crippen LogP contribution in [0.5, 0.6) is 0 Å². The fourth-order valence-corrected chi connectivity index (χ4v) is 2.17. The van der Waals surface area contributed by atoms with Crippen LogP contribution in [-0.2, 0) is 4.79 Å². The lowest BCUT2D eigenvalue weighted by Crippen LogP contribution is -2.35. The lowest BCUT2D eigenvalue weighted by Gasteiger charge is -2.22. The molecule has 1 aliphatic heterocycles. The third-order valence-corrected chi connectivity index (χ3v) is 3.06. The van der Waals surface area contributed by atoms with Gasteiger partial charge < -0.3 is 5.32 Å². The van der Waals surface area contributed by atoms with E-state index in [9.17, 15) is 22.8 Å². The zero-order valence-corrected chi connectivity index (χ0v) is 10.2. The normalized spacial score (nSPS) is 17.4. The second kappa shape index (κ2) is 4.65. The summed E-state index contributed by atoms with van der Waals surface area (Å²) in [5, 5.41) is 2.30. The molecule has 0 spiro atoms. The predicted molar refractivity (Wildman–Crippen MR) is 64.0 cm³/mol. The number of hydrogen-bond donors (Lipinski definition) is 1. The number of carbonyl (C=O) groups is 2. The molecule has 1 atom stereocenters. The van der Waals surface area contributed by atoms with Gasteiger partial charge in [-0.25, -0.2) is 23.1 Å². The monoisotopic (exact) mass is 293 g/mol. The molecule has 106 valence electrons. The van der Waals surface area contributed by atoms with Crippen molar-refractivity contribution in [1.82, 2.24) is 9.97 Å². The van der Waals surface area contributed by atoms with Crippen molar-refractivity contribution in [1.29, 1.82) is 0 Å². The summed E-state index contributed by atoms with van der Waals surface area (Å²) in [4.78, 5) is 31.5. The molecule has 0 aliphatic carbocycles. The average molecular weight is 293 g/mol. The molecule has 1 amide bonds. The maximum absolute atomic E-state index is 13.8. The van der Waals surface area contributed by atoms with Crippen LogP contribution in [0.25, 0.3) is 0 Å². The Labute approximate surface area is 115 Å². The zero-order chi connectivity index (χ0) is 15.1. The smallest absolute Gasteiger partial charge is 0.240 e. The number of hydrogen-bond acceptors (Lipinski definition) is 4. The van der Waals surface area contributed by atoms with Crippen LogP contribution in [0.3, 0.4) is 0 Å². The molecule has 1 N–H and O–H groups in total. The van der Waals surface area contributed by atoms with Gasteiger partial charge in [0.25, 0.3) is 0 Å². The Hall–Kier alpha value is -2.77. The van der Waals surface area contributed by atoms with E-state index in [0.717, 1.165) is 6.33 Å². The van der Waals surface area contributed by atoms with Gasteiger partial charge in [0.05, 0.1) is 11.9 Å². The molecule has 0 saturated carbocycles. The van der Waals surface area contributed by atoms with Gasteiger partial charge in [0.2, 0.25) is 11.7 Å². The third kappa shape index (κ3) is 2.04. The number of ketones is 1. The number of nitrogens with one attached hydrogen (secondary N) is 1. The highest BCUT2D eigenvalue weighted by Gasteiger charge is 2.40. The van der Waals surface area contributed by atoms with Crippen LogP contribution < -0.4 is 5.32 Å². The van der Waals surface area contributed by atoms with Crippen molar-refractivity contribution in [2.45, 2.75) is 5.92 Å². The van der Waals surface area contributed by atoms with E-state index < -0.39 is 40.6 Å². The van der Waals surface area contributed by atoms with Crippen molar-refractivity contribution in [3.63, 3.8) is 0 Å². The molecule has 3 rings (SSSR count). The topological polar surface area (TPSA) is 72.0 Å². The number of halogens is 3. The minimum Gasteiger partial charge on any atom is -0.322 e. The Morgan fingerprint density at radius 3 is 2.43 bits per heavy atom. The van der Waals surface area contributed by atoms with Crippen LogP contribution >= 0.6 is 0 Å². The highest BCUT2D eigenvalue weighted by Crippen LogP contribution is 2.32. The summed E-state index contributed by atoms with van der Waals surface area (Å²) in [5.41, 5.74) is -0.896. The standard InChI is InChI=1S/C13H6F3N3O2/c14-5-1-6(15)9(7(16)2-5)10-12(20)11-8(19-13(10)21)3-17-4-18-11/h1-4,10H,(H,19,21). The maximum atomic E-state index is 13.8. The Balaban J connectivity index is 2.17. The molecule has 2 heterocycles. The number of anilines is 1. The third-order valence-electron chi connectivity index (χ3n) is 3.06. The van der Waals surface area contributed by atoms with E-state index in [2.05, 4.69) is 15.3 Å². The second-order valence-corrected chi connectivity index (χ2v) is 4.35. The van der Waals surface area contributed by atoms with Crippen LogP contribution in [0, 0.1) is 17.5 Å². The van der Waals surface area contributed by atoms with Crippen molar-refractivity contribution in [3.8, 4) is 0 Å². The molecule has 1 aromatic carbocycles. The van der Waals surface area contributed by atoms with E-state index in [1.807, 2.05) is 0 Å². The molecule has 0 saturated heterocycles. The molecule has 21 heavy (non-hydrogen) atoms. The number of amides is 1. The van der Waals surface area contributed by atoms with E-state index in [1.54, 1.807) is 0 Å². The summed E-state index contributed by atoms with van der Waals surface area (Å²) >= 11 is 0. The van der Waals surface area contributed by atoms with E-state index in [4.69, 9.17) is 0 Å². The van der Waals surface area contributed by atoms with Gasteiger partial charge in [-0.1, -0.05) is 0 Å². The summed E-state index contributed by atoms with van der Waals surface area (Å²) in [6.45, 7) is 0. The summed E-state index contributed by atoms with van der Waals surface area (Å²) < 4.78 is 40.5. The lowest BCUT2D eigenvalue weighted by atomic mass is 9.88. The van der Waals surface area contributed by atoms with Gasteiger partial charge in [0, 0.05) is 17.7 Å². The first-order chi connectivity index (χ1) is 9.99. The van der Waals surface area contributed by atoms with E-state index in [0.29, 0.717) is 12.1 Å². The molecule has 0 fully saturated rings. The molecule has 1 unspecified atom stereocenters. The minimum atomic E-state index is -1.76. The lowest BCUT2D eigenvalue weighted by molar-refractivity contribution is -0.116. The van der Waals surface area contributed by atoms with Gasteiger partial charge in [-0.2, -0.15) is 0 Å². The molecular weight excluding hydrogens is 287 g/mol. The predicted octanol–water partition coefficient (Wildman–Crippen LogP) is 1.81. The fourth-order valence-electron chi connectivity index (χ4n) is 2.17. The van der Waals surface area contributed by atoms with Gasteiger partial charge in [0.1, 0.15) is 35.4 Å². The Bertz CT molecular complexity index is 756. The Morgan fingerprint density at radius 1 is 1.10 bits per heavy atom. The number of carbonyl (C=O) groups excluding carboxylic acids is 2. The number of nitrogens with zero attached hydrogens (tertiary/aromatic N) is 2. The van der Waals surface area contributed by atoms with Gasteiger partial charge in [-0.05, 0) is 0 Å². The van der Waals surface area contributed by atoms with Crippen molar-refractivity contribution in [2.24, 2.45) is 0 Å². The zero-order valence-electron chi connectivity index (χ0n) is 10.2. The number of rotatable bonds is 1. The quantitative estimate of drug-likeness (QED) is 0.814. The molecular formula is C13H6F3N3O2. The van der Waals surface area contributed by atoms with E-state index >= 15 is 0 Å². The number of aromatic nitrogens is 2. The molecule has 0 radical (unpaired) electrons. The Kier molecular flexibility index (Phi) is 2.93. The minimum absolute atomic E-state index is 0.0617. The van der Waals surface area contributed by atoms with Crippen LogP contribution in [0.15, 0.2) is 24.7 Å². The first kappa shape index (κ1) is 13.2. The van der Waals surface area contributed by atoms with Crippen molar-refractivity contribution in [2.75, 3.05) is 5.32 Å². The molecule has 2 aromatic rings. The number of Topliss-reactive ketones (excluding diaryl/α,β-unsaturated/α-hetero) is 1. The van der Waals surface area contributed by atoms with Crippen molar-refractivity contribution < 1.29 is 22.8 Å². The first-order valence-electron chi connectivity index (χ1n) is 5.78. The highest BCUT2D eigenvalue weighted by atomic mass is 19.1. The summed E-state index contributed by atoms with van der Waals surface area (Å²) in [5.74, 6) is -7.31. The summed E-state index contributed by atoms with van der Waals surface area (Å²) in [7, 11) is 0. The van der Waals surface area contributed by atoms with Gasteiger partial charge in [-0.15, -0.1) is 0 Å². The van der Waals surface area contributed by atoms with Crippen molar-refractivity contribution in [3.05, 3.63) is 53.4 Å². The number of fused-ring (bicyclic) bond motifs is 1. The van der Waals surface area contributed by atoms with Gasteiger partial charge >= 0.3 is 0 Å². The molecule has 1 aliphatic rings. The molecule has 0 bridgehead atoms. The highest BCUT2D eigenvalue weighted by molar-refractivity contribution is 6.23. The van der Waals surface area contributed by atoms with Crippen LogP contribution in [0.2, 0.25) is 0 Å². The molecule has 8 heteroatoms. The SMILES string of the molecule is O=C1Nc2cncnc2C(=O)C1c1c(F)cc(F)cc1F.